The first-order valence-electron chi connectivity index (χ1n) is 6.37. The predicted octanol–water partition coefficient (Wildman–Crippen LogP) is 4.28. The highest BCUT2D eigenvalue weighted by molar-refractivity contribution is 9.10. The van der Waals surface area contributed by atoms with Gasteiger partial charge in [-0.2, -0.15) is 0 Å². The van der Waals surface area contributed by atoms with Crippen molar-refractivity contribution in [1.82, 2.24) is 0 Å². The van der Waals surface area contributed by atoms with Crippen LogP contribution >= 0.6 is 15.9 Å². The molecule has 0 atom stereocenters. The third kappa shape index (κ3) is 2.10. The molecule has 0 saturated carbocycles. The molecular weight excluding hydrogens is 318 g/mol. The van der Waals surface area contributed by atoms with Crippen LogP contribution in [-0.2, 0) is 4.79 Å². The fraction of sp³-hybridized carbons (Fsp3) is 0.188. The number of para-hydroxylation sites is 2. The Labute approximate surface area is 126 Å². The van der Waals surface area contributed by atoms with Crippen molar-refractivity contribution in [2.24, 2.45) is 0 Å². The number of hydrogen-bond donors (Lipinski definition) is 0. The van der Waals surface area contributed by atoms with Crippen LogP contribution in [-0.4, -0.2) is 11.5 Å². The van der Waals surface area contributed by atoms with E-state index in [1.165, 1.54) is 0 Å². The van der Waals surface area contributed by atoms with E-state index in [2.05, 4.69) is 15.9 Å². The minimum Gasteiger partial charge on any atom is -0.476 e. The van der Waals surface area contributed by atoms with Crippen molar-refractivity contribution in [2.75, 3.05) is 4.90 Å². The molecule has 3 rings (SSSR count). The van der Waals surface area contributed by atoms with E-state index in [0.29, 0.717) is 0 Å². The Kier molecular flexibility index (Phi) is 3.05. The second-order valence-electron chi connectivity index (χ2n) is 5.20. The molecule has 0 radical (unpaired) electrons. The first-order valence-corrected chi connectivity index (χ1v) is 7.16. The summed E-state index contributed by atoms with van der Waals surface area (Å²) in [6.45, 7) is 3.58. The van der Waals surface area contributed by atoms with Crippen molar-refractivity contribution in [3.05, 3.63) is 53.0 Å². The van der Waals surface area contributed by atoms with Crippen molar-refractivity contribution < 1.29 is 9.53 Å². The molecule has 0 bridgehead atoms. The Hall–Kier alpha value is -1.81. The van der Waals surface area contributed by atoms with E-state index in [1.54, 1.807) is 18.7 Å². The summed E-state index contributed by atoms with van der Waals surface area (Å²) in [5.41, 5.74) is 0.722. The maximum Gasteiger partial charge on any atom is 0.275 e. The second kappa shape index (κ2) is 4.63. The third-order valence-corrected chi connectivity index (χ3v) is 3.75. The van der Waals surface area contributed by atoms with Gasteiger partial charge in [-0.3, -0.25) is 9.69 Å². The molecule has 1 amide bonds. The summed E-state index contributed by atoms with van der Waals surface area (Å²) in [7, 11) is 0. The normalized spacial score (nSPS) is 16.6. The van der Waals surface area contributed by atoms with Crippen molar-refractivity contribution in [2.45, 2.75) is 19.4 Å². The Morgan fingerprint density at radius 1 is 1.10 bits per heavy atom. The molecule has 0 aliphatic carbocycles. The van der Waals surface area contributed by atoms with Gasteiger partial charge in [-0.25, -0.2) is 0 Å². The number of carbonyl (C=O) groups is 1. The van der Waals surface area contributed by atoms with Gasteiger partial charge in [0.15, 0.2) is 5.60 Å². The first kappa shape index (κ1) is 13.2. The van der Waals surface area contributed by atoms with E-state index >= 15 is 0 Å². The minimum atomic E-state index is -0.878. The van der Waals surface area contributed by atoms with E-state index in [-0.39, 0.29) is 5.91 Å². The maximum absolute atomic E-state index is 12.7. The number of fused-ring (bicyclic) bond motifs is 1. The fourth-order valence-corrected chi connectivity index (χ4v) is 2.68. The number of rotatable bonds is 1. The fourth-order valence-electron chi connectivity index (χ4n) is 2.30. The zero-order valence-electron chi connectivity index (χ0n) is 11.3. The van der Waals surface area contributed by atoms with Gasteiger partial charge < -0.3 is 4.74 Å². The monoisotopic (exact) mass is 331 g/mol. The number of carbonyl (C=O) groups excluding carboxylic acids is 1. The molecule has 0 unspecified atom stereocenters. The lowest BCUT2D eigenvalue weighted by atomic mass is 10.0. The topological polar surface area (TPSA) is 29.5 Å². The van der Waals surface area contributed by atoms with Crippen LogP contribution < -0.4 is 9.64 Å². The largest absolute Gasteiger partial charge is 0.476 e. The van der Waals surface area contributed by atoms with Gasteiger partial charge >= 0.3 is 0 Å². The Bertz CT molecular complexity index is 682. The van der Waals surface area contributed by atoms with Crippen LogP contribution in [0, 0.1) is 0 Å². The number of amides is 1. The summed E-state index contributed by atoms with van der Waals surface area (Å²) in [4.78, 5) is 14.4. The molecule has 0 fully saturated rings. The summed E-state index contributed by atoms with van der Waals surface area (Å²) in [6, 6.07) is 15.3. The zero-order valence-corrected chi connectivity index (χ0v) is 12.8. The van der Waals surface area contributed by atoms with Crippen LogP contribution in [0.15, 0.2) is 53.0 Å². The maximum atomic E-state index is 12.7. The summed E-state index contributed by atoms with van der Waals surface area (Å²) in [6.07, 6.45) is 0. The number of halogens is 1. The van der Waals surface area contributed by atoms with Gasteiger partial charge in [0.2, 0.25) is 0 Å². The van der Waals surface area contributed by atoms with E-state index in [1.807, 2.05) is 48.5 Å². The average Bonchev–Trinajstić information content (AvgIpc) is 2.40. The lowest BCUT2D eigenvalue weighted by Gasteiger charge is -2.38. The molecule has 1 aliphatic rings. The molecule has 0 saturated heterocycles. The number of anilines is 2. The van der Waals surface area contributed by atoms with Crippen LogP contribution in [0.5, 0.6) is 5.75 Å². The molecule has 0 spiro atoms. The highest BCUT2D eigenvalue weighted by Gasteiger charge is 2.41. The smallest absolute Gasteiger partial charge is 0.275 e. The van der Waals surface area contributed by atoms with Gasteiger partial charge in [-0.05, 0) is 44.2 Å². The highest BCUT2D eigenvalue weighted by Crippen LogP contribution is 2.41. The van der Waals surface area contributed by atoms with Crippen molar-refractivity contribution >= 4 is 33.2 Å². The Morgan fingerprint density at radius 2 is 1.85 bits per heavy atom. The van der Waals surface area contributed by atoms with Gasteiger partial charge in [-0.15, -0.1) is 0 Å². The molecule has 1 aliphatic heterocycles. The van der Waals surface area contributed by atoms with E-state index < -0.39 is 5.60 Å². The van der Waals surface area contributed by atoms with Crippen LogP contribution in [0.1, 0.15) is 13.8 Å². The molecule has 2 aromatic carbocycles. The quantitative estimate of drug-likeness (QED) is 0.780. The molecule has 0 N–H and O–H groups in total. The molecule has 4 heteroatoms. The third-order valence-electron chi connectivity index (χ3n) is 3.26. The molecular formula is C16H14BrNO2. The lowest BCUT2D eigenvalue weighted by Crippen LogP contribution is -2.50. The minimum absolute atomic E-state index is 0.0747. The summed E-state index contributed by atoms with van der Waals surface area (Å²) in [5.74, 6) is 0.645. The predicted molar refractivity (Wildman–Crippen MR) is 82.4 cm³/mol. The standard InChI is InChI=1S/C16H14BrNO2/c1-16(2)15(19)18(12-7-5-6-11(17)10-12)13-8-3-4-9-14(13)20-16/h3-10H,1-2H3. The number of hydrogen-bond acceptors (Lipinski definition) is 2. The van der Waals surface area contributed by atoms with E-state index in [9.17, 15) is 4.79 Å². The lowest BCUT2D eigenvalue weighted by molar-refractivity contribution is -0.131. The Morgan fingerprint density at radius 3 is 2.60 bits per heavy atom. The van der Waals surface area contributed by atoms with Gasteiger partial charge in [0.25, 0.3) is 5.91 Å². The molecule has 1 heterocycles. The van der Waals surface area contributed by atoms with Crippen molar-refractivity contribution in [3.63, 3.8) is 0 Å². The number of ether oxygens (including phenoxy) is 1. The highest BCUT2D eigenvalue weighted by atomic mass is 79.9. The SMILES string of the molecule is CC1(C)Oc2ccccc2N(c2cccc(Br)c2)C1=O. The van der Waals surface area contributed by atoms with Crippen LogP contribution in [0.2, 0.25) is 0 Å². The van der Waals surface area contributed by atoms with E-state index in [4.69, 9.17) is 4.74 Å². The molecule has 20 heavy (non-hydrogen) atoms. The zero-order chi connectivity index (χ0) is 14.3. The Balaban J connectivity index is 2.20. The number of nitrogens with zero attached hydrogens (tertiary/aromatic N) is 1. The first-order chi connectivity index (χ1) is 9.49. The van der Waals surface area contributed by atoms with Crippen LogP contribution in [0.25, 0.3) is 0 Å². The number of benzene rings is 2. The molecule has 2 aromatic rings. The molecule has 0 aromatic heterocycles. The second-order valence-corrected chi connectivity index (χ2v) is 6.12. The van der Waals surface area contributed by atoms with Gasteiger partial charge in [0.1, 0.15) is 5.75 Å². The summed E-state index contributed by atoms with van der Waals surface area (Å²) < 4.78 is 6.75. The van der Waals surface area contributed by atoms with Gasteiger partial charge in [0, 0.05) is 4.47 Å². The molecule has 3 nitrogen and oxygen atoms in total. The van der Waals surface area contributed by atoms with Crippen molar-refractivity contribution in [1.29, 1.82) is 0 Å². The van der Waals surface area contributed by atoms with Crippen LogP contribution in [0.3, 0.4) is 0 Å². The van der Waals surface area contributed by atoms with Gasteiger partial charge in [0.05, 0.1) is 11.4 Å². The average molecular weight is 332 g/mol. The van der Waals surface area contributed by atoms with Crippen molar-refractivity contribution in [3.8, 4) is 5.75 Å². The molecule has 102 valence electrons. The van der Waals surface area contributed by atoms with Crippen LogP contribution in [0.4, 0.5) is 11.4 Å². The van der Waals surface area contributed by atoms with E-state index in [0.717, 1.165) is 21.6 Å². The van der Waals surface area contributed by atoms with Gasteiger partial charge in [-0.1, -0.05) is 34.1 Å². The summed E-state index contributed by atoms with van der Waals surface area (Å²) in [5, 5.41) is 0. The summed E-state index contributed by atoms with van der Waals surface area (Å²) >= 11 is 3.45.